The molecule has 0 atom stereocenters. The van der Waals surface area contributed by atoms with E-state index in [-0.39, 0.29) is 0 Å². The molecule has 0 radical (unpaired) electrons. The standard InChI is InChI=1S/C12H17BrN2O/c1-10(7-14-3-4-16-2)5-11-6-12(13)9-15-8-11/h5-6,8-9,14H,3-4,7H2,1-2H3/b10-5+. The molecule has 1 N–H and O–H groups in total. The molecule has 16 heavy (non-hydrogen) atoms. The van der Waals surface area contributed by atoms with Crippen molar-refractivity contribution >= 4 is 22.0 Å². The van der Waals surface area contributed by atoms with Crippen LogP contribution < -0.4 is 5.32 Å². The SMILES string of the molecule is COCCNC/C(C)=C/c1cncc(Br)c1. The Kier molecular flexibility index (Phi) is 6.30. The van der Waals surface area contributed by atoms with Gasteiger partial charge in [-0.15, -0.1) is 0 Å². The number of ether oxygens (including phenoxy) is 1. The molecule has 0 unspecified atom stereocenters. The maximum atomic E-state index is 4.96. The first-order valence-electron chi connectivity index (χ1n) is 5.20. The molecule has 4 heteroatoms. The van der Waals surface area contributed by atoms with E-state index in [0.717, 1.165) is 29.7 Å². The molecule has 3 nitrogen and oxygen atoms in total. The van der Waals surface area contributed by atoms with E-state index in [9.17, 15) is 0 Å². The van der Waals surface area contributed by atoms with Gasteiger partial charge in [-0.2, -0.15) is 0 Å². The highest BCUT2D eigenvalue weighted by molar-refractivity contribution is 9.10. The number of rotatable bonds is 6. The first-order valence-corrected chi connectivity index (χ1v) is 5.99. The third-order valence-corrected chi connectivity index (χ3v) is 2.46. The monoisotopic (exact) mass is 284 g/mol. The fraction of sp³-hybridized carbons (Fsp3) is 0.417. The van der Waals surface area contributed by atoms with E-state index in [1.165, 1.54) is 5.57 Å². The molecule has 0 spiro atoms. The largest absolute Gasteiger partial charge is 0.383 e. The van der Waals surface area contributed by atoms with Gasteiger partial charge in [-0.3, -0.25) is 4.98 Å². The molecule has 1 aromatic heterocycles. The lowest BCUT2D eigenvalue weighted by Crippen LogP contribution is -2.20. The predicted octanol–water partition coefficient (Wildman–Crippen LogP) is 2.48. The molecular formula is C12H17BrN2O. The number of hydrogen-bond acceptors (Lipinski definition) is 3. The van der Waals surface area contributed by atoms with Crippen molar-refractivity contribution in [1.82, 2.24) is 10.3 Å². The summed E-state index contributed by atoms with van der Waals surface area (Å²) >= 11 is 3.40. The van der Waals surface area contributed by atoms with Crippen LogP contribution in [-0.4, -0.2) is 31.8 Å². The summed E-state index contributed by atoms with van der Waals surface area (Å²) in [6.45, 7) is 4.58. The van der Waals surface area contributed by atoms with Gasteiger partial charge in [0.1, 0.15) is 0 Å². The minimum Gasteiger partial charge on any atom is -0.383 e. The predicted molar refractivity (Wildman–Crippen MR) is 70.3 cm³/mol. The molecule has 0 amide bonds. The van der Waals surface area contributed by atoms with E-state index in [0.29, 0.717) is 0 Å². The van der Waals surface area contributed by atoms with Crippen LogP contribution in [0.4, 0.5) is 0 Å². The number of nitrogens with zero attached hydrogens (tertiary/aromatic N) is 1. The third kappa shape index (κ3) is 5.39. The Balaban J connectivity index is 2.43. The number of nitrogens with one attached hydrogen (secondary N) is 1. The van der Waals surface area contributed by atoms with Crippen molar-refractivity contribution in [3.8, 4) is 0 Å². The van der Waals surface area contributed by atoms with Gasteiger partial charge in [0.25, 0.3) is 0 Å². The Bertz CT molecular complexity index is 353. The van der Waals surface area contributed by atoms with Crippen LogP contribution in [-0.2, 0) is 4.74 Å². The quantitative estimate of drug-likeness (QED) is 0.815. The molecule has 0 saturated carbocycles. The van der Waals surface area contributed by atoms with Gasteiger partial charge < -0.3 is 10.1 Å². The summed E-state index contributed by atoms with van der Waals surface area (Å²) in [5.74, 6) is 0. The van der Waals surface area contributed by atoms with E-state index in [4.69, 9.17) is 4.74 Å². The zero-order valence-corrected chi connectivity index (χ0v) is 11.3. The molecular weight excluding hydrogens is 268 g/mol. The van der Waals surface area contributed by atoms with Crippen LogP contribution in [0.25, 0.3) is 6.08 Å². The maximum Gasteiger partial charge on any atom is 0.0587 e. The van der Waals surface area contributed by atoms with Gasteiger partial charge in [0.05, 0.1) is 6.61 Å². The van der Waals surface area contributed by atoms with Crippen molar-refractivity contribution in [1.29, 1.82) is 0 Å². The Morgan fingerprint density at radius 3 is 3.06 bits per heavy atom. The summed E-state index contributed by atoms with van der Waals surface area (Å²) in [6.07, 6.45) is 5.75. The van der Waals surface area contributed by atoms with Crippen LogP contribution in [0.3, 0.4) is 0 Å². The fourth-order valence-electron chi connectivity index (χ4n) is 1.30. The summed E-state index contributed by atoms with van der Waals surface area (Å²) in [7, 11) is 1.71. The van der Waals surface area contributed by atoms with Gasteiger partial charge in [-0.1, -0.05) is 11.6 Å². The minimum absolute atomic E-state index is 0.742. The van der Waals surface area contributed by atoms with E-state index in [2.05, 4.69) is 39.2 Å². The first-order chi connectivity index (χ1) is 7.72. The van der Waals surface area contributed by atoms with Crippen molar-refractivity contribution in [3.05, 3.63) is 34.1 Å². The lowest BCUT2D eigenvalue weighted by atomic mass is 10.2. The van der Waals surface area contributed by atoms with Gasteiger partial charge in [-0.25, -0.2) is 0 Å². The van der Waals surface area contributed by atoms with Crippen LogP contribution in [0, 0.1) is 0 Å². The number of methoxy groups -OCH3 is 1. The van der Waals surface area contributed by atoms with E-state index in [1.54, 1.807) is 13.3 Å². The lowest BCUT2D eigenvalue weighted by Gasteiger charge is -2.04. The van der Waals surface area contributed by atoms with Crippen LogP contribution in [0.2, 0.25) is 0 Å². The van der Waals surface area contributed by atoms with Gasteiger partial charge in [0, 0.05) is 37.1 Å². The van der Waals surface area contributed by atoms with Crippen molar-refractivity contribution in [3.63, 3.8) is 0 Å². The van der Waals surface area contributed by atoms with E-state index < -0.39 is 0 Å². The molecule has 1 heterocycles. The lowest BCUT2D eigenvalue weighted by molar-refractivity contribution is 0.200. The smallest absolute Gasteiger partial charge is 0.0587 e. The van der Waals surface area contributed by atoms with Crippen molar-refractivity contribution in [2.24, 2.45) is 0 Å². The Morgan fingerprint density at radius 2 is 2.38 bits per heavy atom. The molecule has 0 aliphatic heterocycles. The Hall–Kier alpha value is -0.710. The van der Waals surface area contributed by atoms with Gasteiger partial charge >= 0.3 is 0 Å². The fourth-order valence-corrected chi connectivity index (χ4v) is 1.69. The molecule has 0 aliphatic rings. The second-order valence-corrected chi connectivity index (χ2v) is 4.51. The third-order valence-electron chi connectivity index (χ3n) is 2.03. The van der Waals surface area contributed by atoms with Gasteiger partial charge in [-0.05, 0) is 34.5 Å². The zero-order valence-electron chi connectivity index (χ0n) is 9.66. The second kappa shape index (κ2) is 7.54. The number of hydrogen-bond donors (Lipinski definition) is 1. The Labute approximate surface area is 105 Å². The zero-order chi connectivity index (χ0) is 11.8. The molecule has 0 aromatic carbocycles. The summed E-state index contributed by atoms with van der Waals surface area (Å²) in [4.78, 5) is 4.12. The van der Waals surface area contributed by atoms with Crippen molar-refractivity contribution in [2.45, 2.75) is 6.92 Å². The van der Waals surface area contributed by atoms with Crippen LogP contribution in [0.15, 0.2) is 28.5 Å². The summed E-state index contributed by atoms with van der Waals surface area (Å²) in [5, 5.41) is 3.30. The molecule has 0 fully saturated rings. The molecule has 88 valence electrons. The Morgan fingerprint density at radius 1 is 1.56 bits per heavy atom. The van der Waals surface area contributed by atoms with Crippen molar-refractivity contribution in [2.75, 3.05) is 26.8 Å². The highest BCUT2D eigenvalue weighted by atomic mass is 79.9. The number of aromatic nitrogens is 1. The summed E-state index contributed by atoms with van der Waals surface area (Å²) < 4.78 is 5.96. The summed E-state index contributed by atoms with van der Waals surface area (Å²) in [6, 6.07) is 2.05. The second-order valence-electron chi connectivity index (χ2n) is 3.60. The number of halogens is 1. The molecule has 0 saturated heterocycles. The van der Waals surface area contributed by atoms with E-state index >= 15 is 0 Å². The van der Waals surface area contributed by atoms with Gasteiger partial charge in [0.15, 0.2) is 0 Å². The normalized spacial score (nSPS) is 11.8. The average Bonchev–Trinajstić information content (AvgIpc) is 2.24. The van der Waals surface area contributed by atoms with Crippen molar-refractivity contribution < 1.29 is 4.74 Å². The highest BCUT2D eigenvalue weighted by Crippen LogP contribution is 2.12. The topological polar surface area (TPSA) is 34.1 Å². The first kappa shape index (κ1) is 13.4. The van der Waals surface area contributed by atoms with Gasteiger partial charge in [0.2, 0.25) is 0 Å². The molecule has 0 bridgehead atoms. The van der Waals surface area contributed by atoms with Crippen LogP contribution in [0.5, 0.6) is 0 Å². The van der Waals surface area contributed by atoms with Crippen LogP contribution in [0.1, 0.15) is 12.5 Å². The molecule has 1 rings (SSSR count). The summed E-state index contributed by atoms with van der Waals surface area (Å²) in [5.41, 5.74) is 2.39. The van der Waals surface area contributed by atoms with Crippen LogP contribution >= 0.6 is 15.9 Å². The minimum atomic E-state index is 0.742. The molecule has 0 aliphatic carbocycles. The average molecular weight is 285 g/mol. The highest BCUT2D eigenvalue weighted by Gasteiger charge is 1.93. The number of pyridine rings is 1. The maximum absolute atomic E-state index is 4.96. The molecule has 1 aromatic rings. The van der Waals surface area contributed by atoms with E-state index in [1.807, 2.05) is 12.3 Å².